The molecule has 14 heteroatoms. The highest BCUT2D eigenvalue weighted by Crippen LogP contribution is 2.39. The first-order chi connectivity index (χ1) is 19.5. The van der Waals surface area contributed by atoms with Gasteiger partial charge in [-0.2, -0.15) is 9.94 Å². The maximum atomic E-state index is 13.4. The number of ether oxygens (including phenoxy) is 1. The van der Waals surface area contributed by atoms with Crippen LogP contribution in [0.3, 0.4) is 0 Å². The molecule has 0 saturated heterocycles. The van der Waals surface area contributed by atoms with Crippen molar-refractivity contribution in [3.05, 3.63) is 107 Å². The van der Waals surface area contributed by atoms with Gasteiger partial charge in [-0.05, 0) is 61.5 Å². The average Bonchev–Trinajstić information content (AvgIpc) is 3.31. The van der Waals surface area contributed by atoms with E-state index in [9.17, 15) is 18.0 Å². The van der Waals surface area contributed by atoms with E-state index in [1.807, 2.05) is 19.9 Å². The molecular formula is C27H20Br2N6O5S. The summed E-state index contributed by atoms with van der Waals surface area (Å²) >= 11 is 6.86. The lowest BCUT2D eigenvalue weighted by Crippen LogP contribution is -2.33. The molecule has 0 fully saturated rings. The second-order valence-corrected chi connectivity index (χ2v) is 12.8. The van der Waals surface area contributed by atoms with Crippen LogP contribution in [0.15, 0.2) is 79.3 Å². The van der Waals surface area contributed by atoms with Crippen LogP contribution in [0.2, 0.25) is 0 Å². The number of nitrogens with zero attached hydrogens (tertiary/aromatic N) is 5. The predicted molar refractivity (Wildman–Crippen MR) is 159 cm³/mol. The number of nitriles is 1. The van der Waals surface area contributed by atoms with E-state index in [1.54, 1.807) is 48.7 Å². The van der Waals surface area contributed by atoms with Gasteiger partial charge in [-0.25, -0.2) is 22.2 Å². The molecule has 0 radical (unpaired) electrons. The van der Waals surface area contributed by atoms with Crippen molar-refractivity contribution in [3.8, 4) is 23.4 Å². The van der Waals surface area contributed by atoms with Gasteiger partial charge in [-0.15, -0.1) is 5.10 Å². The smallest absolute Gasteiger partial charge is 0.349 e. The molecule has 3 heterocycles. The van der Waals surface area contributed by atoms with E-state index in [-0.39, 0.29) is 23.2 Å². The van der Waals surface area contributed by atoms with E-state index in [2.05, 4.69) is 46.9 Å². The molecule has 0 unspecified atom stereocenters. The van der Waals surface area contributed by atoms with Crippen molar-refractivity contribution in [2.75, 3.05) is 0 Å². The number of benzene rings is 2. The van der Waals surface area contributed by atoms with Crippen LogP contribution in [-0.4, -0.2) is 32.1 Å². The van der Waals surface area contributed by atoms with Crippen LogP contribution in [0.4, 0.5) is 0 Å². The predicted octanol–water partition coefficient (Wildman–Crippen LogP) is 4.96. The normalized spacial score (nSPS) is 11.6. The van der Waals surface area contributed by atoms with E-state index in [0.717, 1.165) is 10.2 Å². The summed E-state index contributed by atoms with van der Waals surface area (Å²) in [6.45, 7) is 3.91. The first-order valence-electron chi connectivity index (χ1n) is 12.1. The van der Waals surface area contributed by atoms with Gasteiger partial charge in [-0.3, -0.25) is 9.78 Å². The zero-order chi connectivity index (χ0) is 29.5. The van der Waals surface area contributed by atoms with Gasteiger partial charge >= 0.3 is 5.69 Å². The Balaban J connectivity index is 1.53. The fourth-order valence-electron chi connectivity index (χ4n) is 4.16. The zero-order valence-corrected chi connectivity index (χ0v) is 25.5. The van der Waals surface area contributed by atoms with Crippen molar-refractivity contribution >= 4 is 52.9 Å². The Morgan fingerprint density at radius 3 is 2.39 bits per heavy atom. The van der Waals surface area contributed by atoms with Crippen molar-refractivity contribution in [1.29, 1.82) is 5.26 Å². The molecule has 0 aliphatic carbocycles. The number of fused-ring (bicyclic) bond motifs is 1. The summed E-state index contributed by atoms with van der Waals surface area (Å²) in [5.41, 5.74) is 0.432. The molecule has 0 aliphatic heterocycles. The minimum atomic E-state index is -3.74. The van der Waals surface area contributed by atoms with Crippen molar-refractivity contribution in [2.24, 2.45) is 0 Å². The highest BCUT2D eigenvalue weighted by molar-refractivity contribution is 9.11. The number of aromatic amines is 1. The van der Waals surface area contributed by atoms with E-state index in [4.69, 9.17) is 10.00 Å². The third-order valence-corrected chi connectivity index (χ3v) is 8.87. The number of pyridine rings is 1. The maximum absolute atomic E-state index is 13.4. The number of H-pyrrole nitrogens is 1. The lowest BCUT2D eigenvalue weighted by Gasteiger charge is -2.12. The highest BCUT2D eigenvalue weighted by Gasteiger charge is 2.23. The molecular weight excluding hydrogens is 680 g/mol. The quantitative estimate of drug-likeness (QED) is 0.250. The lowest BCUT2D eigenvalue weighted by atomic mass is 10.1. The first-order valence-corrected chi connectivity index (χ1v) is 15.3. The van der Waals surface area contributed by atoms with Gasteiger partial charge in [0, 0.05) is 17.8 Å². The highest BCUT2D eigenvalue weighted by atomic mass is 79.9. The third-order valence-electron chi connectivity index (χ3n) is 6.10. The number of hydrogen-bond acceptors (Lipinski definition) is 8. The van der Waals surface area contributed by atoms with Crippen LogP contribution in [0.25, 0.3) is 16.7 Å². The number of nitrogens with one attached hydrogen (secondary N) is 1. The van der Waals surface area contributed by atoms with Gasteiger partial charge in [0.1, 0.15) is 6.07 Å². The Bertz CT molecular complexity index is 2060. The largest absolute Gasteiger partial charge is 0.437 e. The van der Waals surface area contributed by atoms with Crippen molar-refractivity contribution in [1.82, 2.24) is 23.7 Å². The average molecular weight is 700 g/mol. The molecule has 5 aromatic rings. The second-order valence-electron chi connectivity index (χ2n) is 9.27. The van der Waals surface area contributed by atoms with E-state index in [0.29, 0.717) is 31.3 Å². The Hall–Kier alpha value is -4.06. The number of hydrogen-bond donors (Lipinski definition) is 1. The molecule has 11 nitrogen and oxygen atoms in total. The molecule has 0 spiro atoms. The first kappa shape index (κ1) is 28.5. The van der Waals surface area contributed by atoms with Crippen LogP contribution in [-0.2, 0) is 15.8 Å². The van der Waals surface area contributed by atoms with Crippen molar-refractivity contribution < 1.29 is 13.2 Å². The van der Waals surface area contributed by atoms with Crippen LogP contribution >= 0.6 is 31.9 Å². The number of halogens is 2. The second kappa shape index (κ2) is 11.1. The summed E-state index contributed by atoms with van der Waals surface area (Å²) in [4.78, 5) is 30.7. The topological polar surface area (TPSA) is 153 Å². The maximum Gasteiger partial charge on any atom is 0.349 e. The molecule has 5 rings (SSSR count). The van der Waals surface area contributed by atoms with Gasteiger partial charge < -0.3 is 4.74 Å². The van der Waals surface area contributed by atoms with Gasteiger partial charge in [0.25, 0.3) is 5.56 Å². The third kappa shape index (κ3) is 5.61. The molecule has 0 bridgehead atoms. The zero-order valence-electron chi connectivity index (χ0n) is 21.5. The van der Waals surface area contributed by atoms with E-state index in [1.165, 1.54) is 16.1 Å². The Kier molecular flexibility index (Phi) is 7.69. The Morgan fingerprint density at radius 1 is 1.07 bits per heavy atom. The Morgan fingerprint density at radius 2 is 1.76 bits per heavy atom. The van der Waals surface area contributed by atoms with E-state index >= 15 is 0 Å². The van der Waals surface area contributed by atoms with Gasteiger partial charge in [-0.1, -0.05) is 44.2 Å². The molecule has 0 amide bonds. The van der Waals surface area contributed by atoms with Crippen molar-refractivity contribution in [2.45, 2.75) is 25.5 Å². The summed E-state index contributed by atoms with van der Waals surface area (Å²) in [5.74, 6) is 0.342. The standard InChI is InChI=1S/C27H20Br2N6O5S/c1-15(2)18-13-34(41(38,39)14-16-6-4-3-5-7-16)22-8-9-23(31-24(18)22)40-25-19(28)10-17(11-20(25)29)35-27(37)32-26(36)21(12-30)33-35/h3-11,13,15H,14H2,1-2H3,(H,32,36,37). The summed E-state index contributed by atoms with van der Waals surface area (Å²) in [5, 5.41) is 12.9. The van der Waals surface area contributed by atoms with Crippen LogP contribution in [0, 0.1) is 11.3 Å². The van der Waals surface area contributed by atoms with Crippen LogP contribution < -0.4 is 16.0 Å². The molecule has 2 aromatic carbocycles. The molecule has 0 atom stereocenters. The van der Waals surface area contributed by atoms with Crippen LogP contribution in [0.1, 0.15) is 36.6 Å². The minimum Gasteiger partial charge on any atom is -0.437 e. The van der Waals surface area contributed by atoms with Crippen molar-refractivity contribution in [3.63, 3.8) is 0 Å². The fourth-order valence-corrected chi connectivity index (χ4v) is 6.96. The molecule has 208 valence electrons. The summed E-state index contributed by atoms with van der Waals surface area (Å²) in [6, 6.07) is 16.9. The molecule has 41 heavy (non-hydrogen) atoms. The van der Waals surface area contributed by atoms with Gasteiger partial charge in [0.2, 0.25) is 21.6 Å². The number of aromatic nitrogens is 5. The SMILES string of the molecule is CC(C)c1cn(S(=O)(=O)Cc2ccccc2)c2ccc(Oc3c(Br)cc(-n4nc(C#N)c(=O)[nH]c4=O)cc3Br)nc12. The fraction of sp³-hybridized carbons (Fsp3) is 0.148. The Labute approximate surface area is 250 Å². The lowest BCUT2D eigenvalue weighted by molar-refractivity contribution is 0.459. The molecule has 1 N–H and O–H groups in total. The van der Waals surface area contributed by atoms with Gasteiger partial charge in [0.05, 0.1) is 31.4 Å². The van der Waals surface area contributed by atoms with E-state index < -0.39 is 27.0 Å². The van der Waals surface area contributed by atoms with Gasteiger partial charge in [0.15, 0.2) is 5.75 Å². The summed E-state index contributed by atoms with van der Waals surface area (Å²) in [6.07, 6.45) is 1.61. The summed E-state index contributed by atoms with van der Waals surface area (Å²) < 4.78 is 35.8. The number of rotatable bonds is 7. The molecule has 0 saturated carbocycles. The minimum absolute atomic E-state index is 0.0207. The van der Waals surface area contributed by atoms with Crippen LogP contribution in [0.5, 0.6) is 11.6 Å². The monoisotopic (exact) mass is 698 g/mol. The molecule has 3 aromatic heterocycles. The summed E-state index contributed by atoms with van der Waals surface area (Å²) in [7, 11) is -3.74. The molecule has 0 aliphatic rings.